The topological polar surface area (TPSA) is 163 Å². The van der Waals surface area contributed by atoms with E-state index in [0.29, 0.717) is 0 Å². The fourth-order valence-corrected chi connectivity index (χ4v) is 3.37. The molecule has 1 aliphatic heterocycles. The molecule has 12 heteroatoms. The number of phenolic OH excluding ortho intramolecular Hbond substituents is 1. The number of non-ortho nitro benzene ring substituents is 1. The number of hydrogen-bond acceptors (Lipinski definition) is 9. The Kier molecular flexibility index (Phi) is 4.73. The van der Waals surface area contributed by atoms with Gasteiger partial charge in [-0.3, -0.25) is 24.5 Å². The molecule has 1 aromatic heterocycles. The van der Waals surface area contributed by atoms with Crippen molar-refractivity contribution in [1.82, 2.24) is 4.98 Å². The summed E-state index contributed by atoms with van der Waals surface area (Å²) in [7, 11) is 0. The number of carbonyl (C=O) groups is 3. The van der Waals surface area contributed by atoms with Gasteiger partial charge in [-0.2, -0.15) is 0 Å². The number of benzene rings is 1. The van der Waals surface area contributed by atoms with Crippen LogP contribution in [0, 0.1) is 10.1 Å². The Morgan fingerprint density at radius 2 is 2.19 bits per heavy atom. The molecule has 3 N–H and O–H groups in total. The molecule has 2 amide bonds. The van der Waals surface area contributed by atoms with E-state index in [2.05, 4.69) is 10.3 Å². The maximum absolute atomic E-state index is 12.5. The van der Waals surface area contributed by atoms with Gasteiger partial charge in [-0.05, 0) is 6.07 Å². The zero-order valence-electron chi connectivity index (χ0n) is 13.5. The average Bonchev–Trinajstić information content (AvgIpc) is 3.13. The number of carboxylic acids is 1. The van der Waals surface area contributed by atoms with Crippen molar-refractivity contribution < 1.29 is 29.5 Å². The Bertz CT molecular complexity index is 957. The van der Waals surface area contributed by atoms with E-state index in [-0.39, 0.29) is 35.0 Å². The lowest BCUT2D eigenvalue weighted by atomic mass is 10.2. The van der Waals surface area contributed by atoms with E-state index in [1.54, 1.807) is 0 Å². The van der Waals surface area contributed by atoms with E-state index in [1.165, 1.54) is 11.4 Å². The number of nitro benzene ring substituents is 1. The second-order valence-electron chi connectivity index (χ2n) is 5.62. The van der Waals surface area contributed by atoms with Crippen LogP contribution in [0.4, 0.5) is 16.5 Å². The van der Waals surface area contributed by atoms with Crippen LogP contribution in [0.25, 0.3) is 0 Å². The van der Waals surface area contributed by atoms with Gasteiger partial charge in [-0.1, -0.05) is 0 Å². The highest BCUT2D eigenvalue weighted by molar-refractivity contribution is 7.14. The molecular formula is C15H12N4O7S. The van der Waals surface area contributed by atoms with Crippen molar-refractivity contribution in [2.45, 2.75) is 18.9 Å². The SMILES string of the molecule is O=C(O)Cc1csc(N2C(=O)CC(Nc3ccc([N+](=O)[O-])cc3O)C2=O)n1. The lowest BCUT2D eigenvalue weighted by Crippen LogP contribution is -2.34. The molecule has 140 valence electrons. The van der Waals surface area contributed by atoms with Gasteiger partial charge >= 0.3 is 5.97 Å². The summed E-state index contributed by atoms with van der Waals surface area (Å²) in [5, 5.41) is 33.6. The van der Waals surface area contributed by atoms with E-state index in [0.717, 1.165) is 28.4 Å². The molecule has 1 aromatic carbocycles. The van der Waals surface area contributed by atoms with Crippen molar-refractivity contribution in [3.63, 3.8) is 0 Å². The van der Waals surface area contributed by atoms with Crippen LogP contribution < -0.4 is 10.2 Å². The van der Waals surface area contributed by atoms with Crippen LogP contribution in [-0.4, -0.2) is 43.9 Å². The van der Waals surface area contributed by atoms with Crippen molar-refractivity contribution in [3.05, 3.63) is 39.4 Å². The number of thiazole rings is 1. The number of imide groups is 1. The number of aromatic hydroxyl groups is 1. The first kappa shape index (κ1) is 18.3. The zero-order chi connectivity index (χ0) is 19.7. The van der Waals surface area contributed by atoms with E-state index in [9.17, 15) is 29.6 Å². The van der Waals surface area contributed by atoms with E-state index >= 15 is 0 Å². The van der Waals surface area contributed by atoms with Crippen molar-refractivity contribution >= 4 is 45.6 Å². The van der Waals surface area contributed by atoms with Crippen LogP contribution in [0.15, 0.2) is 23.6 Å². The summed E-state index contributed by atoms with van der Waals surface area (Å²) in [5.41, 5.74) is -0.0194. The summed E-state index contributed by atoms with van der Waals surface area (Å²) < 4.78 is 0. The summed E-state index contributed by atoms with van der Waals surface area (Å²) in [6, 6.07) is 2.33. The number of hydrogen-bond donors (Lipinski definition) is 3. The molecular weight excluding hydrogens is 380 g/mol. The molecule has 1 saturated heterocycles. The molecule has 27 heavy (non-hydrogen) atoms. The minimum absolute atomic E-state index is 0.0680. The van der Waals surface area contributed by atoms with Crippen molar-refractivity contribution in [2.75, 3.05) is 10.2 Å². The van der Waals surface area contributed by atoms with Gasteiger partial charge in [-0.25, -0.2) is 9.88 Å². The van der Waals surface area contributed by atoms with Gasteiger partial charge in [-0.15, -0.1) is 11.3 Å². The highest BCUT2D eigenvalue weighted by Gasteiger charge is 2.41. The number of aliphatic carboxylic acids is 1. The second-order valence-corrected chi connectivity index (χ2v) is 6.46. The summed E-state index contributed by atoms with van der Waals surface area (Å²) in [4.78, 5) is 50.3. The molecule has 2 aromatic rings. The number of carboxylic acid groups (broad SMARTS) is 1. The maximum Gasteiger partial charge on any atom is 0.309 e. The van der Waals surface area contributed by atoms with E-state index in [4.69, 9.17) is 5.11 Å². The van der Waals surface area contributed by atoms with Crippen LogP contribution in [0.3, 0.4) is 0 Å². The Morgan fingerprint density at radius 1 is 1.44 bits per heavy atom. The number of nitrogens with zero attached hydrogens (tertiary/aromatic N) is 3. The number of nitro groups is 1. The number of amides is 2. The largest absolute Gasteiger partial charge is 0.506 e. The molecule has 0 saturated carbocycles. The summed E-state index contributed by atoms with van der Waals surface area (Å²) in [6.07, 6.45) is -0.534. The van der Waals surface area contributed by atoms with Crippen LogP contribution in [0.2, 0.25) is 0 Å². The molecule has 0 radical (unpaired) electrons. The first-order chi connectivity index (χ1) is 12.8. The monoisotopic (exact) mass is 392 g/mol. The highest BCUT2D eigenvalue weighted by Crippen LogP contribution is 2.32. The Labute approximate surface area is 155 Å². The molecule has 0 aliphatic carbocycles. The molecule has 0 spiro atoms. The number of rotatable bonds is 6. The fraction of sp³-hybridized carbons (Fsp3) is 0.200. The molecule has 0 bridgehead atoms. The lowest BCUT2D eigenvalue weighted by Gasteiger charge is -2.14. The van der Waals surface area contributed by atoms with Crippen LogP contribution >= 0.6 is 11.3 Å². The average molecular weight is 392 g/mol. The fourth-order valence-electron chi connectivity index (χ4n) is 2.52. The molecule has 2 heterocycles. The highest BCUT2D eigenvalue weighted by atomic mass is 32.1. The molecule has 11 nitrogen and oxygen atoms in total. The van der Waals surface area contributed by atoms with Gasteiger partial charge in [0.15, 0.2) is 5.13 Å². The summed E-state index contributed by atoms with van der Waals surface area (Å²) >= 11 is 0.971. The number of phenols is 1. The van der Waals surface area contributed by atoms with Gasteiger partial charge in [0.1, 0.15) is 11.8 Å². The molecule has 1 atom stereocenters. The predicted molar refractivity (Wildman–Crippen MR) is 92.7 cm³/mol. The molecule has 3 rings (SSSR count). The van der Waals surface area contributed by atoms with Gasteiger partial charge in [0.2, 0.25) is 5.91 Å². The third-order valence-corrected chi connectivity index (χ3v) is 4.61. The molecule has 1 fully saturated rings. The molecule has 1 aliphatic rings. The third kappa shape index (κ3) is 3.69. The normalized spacial score (nSPS) is 16.6. The number of aromatic nitrogens is 1. The van der Waals surface area contributed by atoms with Gasteiger partial charge < -0.3 is 15.5 Å². The lowest BCUT2D eigenvalue weighted by molar-refractivity contribution is -0.384. The minimum atomic E-state index is -1.08. The second kappa shape index (κ2) is 6.99. The maximum atomic E-state index is 12.5. The number of anilines is 2. The Morgan fingerprint density at radius 3 is 2.81 bits per heavy atom. The first-order valence-electron chi connectivity index (χ1n) is 7.53. The van der Waals surface area contributed by atoms with Gasteiger partial charge in [0, 0.05) is 11.4 Å². The molecule has 1 unspecified atom stereocenters. The van der Waals surface area contributed by atoms with Crippen molar-refractivity contribution in [3.8, 4) is 5.75 Å². The van der Waals surface area contributed by atoms with Gasteiger partial charge in [0.05, 0.1) is 35.2 Å². The Hall–Kier alpha value is -3.54. The van der Waals surface area contributed by atoms with Crippen molar-refractivity contribution in [1.29, 1.82) is 0 Å². The predicted octanol–water partition coefficient (Wildman–Crippen LogP) is 1.13. The van der Waals surface area contributed by atoms with E-state index < -0.39 is 34.5 Å². The van der Waals surface area contributed by atoms with Gasteiger partial charge in [0.25, 0.3) is 11.6 Å². The third-order valence-electron chi connectivity index (χ3n) is 3.73. The summed E-state index contributed by atoms with van der Waals surface area (Å²) in [5.74, 6) is -2.66. The quantitative estimate of drug-likeness (QED) is 0.283. The summed E-state index contributed by atoms with van der Waals surface area (Å²) in [6.45, 7) is 0. The minimum Gasteiger partial charge on any atom is -0.506 e. The van der Waals surface area contributed by atoms with Crippen molar-refractivity contribution in [2.24, 2.45) is 0 Å². The van der Waals surface area contributed by atoms with Crippen LogP contribution in [0.1, 0.15) is 12.1 Å². The van der Waals surface area contributed by atoms with E-state index in [1.807, 2.05) is 0 Å². The van der Waals surface area contributed by atoms with Crippen LogP contribution in [0.5, 0.6) is 5.75 Å². The number of nitrogens with one attached hydrogen (secondary N) is 1. The smallest absolute Gasteiger partial charge is 0.309 e. The standard InChI is InChI=1S/C15H12N4O7S/c20-11-4-8(19(25)26)1-2-9(11)17-10-5-12(21)18(14(10)24)15-16-7(6-27-15)3-13(22)23/h1-2,4,6,10,17,20H,3,5H2,(H,22,23). The van der Waals surface area contributed by atoms with Crippen LogP contribution in [-0.2, 0) is 20.8 Å². The number of carbonyl (C=O) groups excluding carboxylic acids is 2. The first-order valence-corrected chi connectivity index (χ1v) is 8.41. The Balaban J connectivity index is 1.77. The zero-order valence-corrected chi connectivity index (χ0v) is 14.3.